The van der Waals surface area contributed by atoms with E-state index in [0.29, 0.717) is 12.0 Å². The molecule has 0 bridgehead atoms. The number of methoxy groups -OCH3 is 1. The average Bonchev–Trinajstić information content (AvgIpc) is 0.784. The first-order chi connectivity index (χ1) is 44.1. The van der Waals surface area contributed by atoms with Crippen LogP contribution in [0.3, 0.4) is 0 Å². The summed E-state index contributed by atoms with van der Waals surface area (Å²) in [4.78, 5) is 39.6. The number of aliphatic hydroxyl groups is 1. The van der Waals surface area contributed by atoms with Gasteiger partial charge in [-0.15, -0.1) is 0 Å². The summed E-state index contributed by atoms with van der Waals surface area (Å²) >= 11 is 0. The highest BCUT2D eigenvalue weighted by atomic mass is 16.5. The molecule has 3 aliphatic carbocycles. The second kappa shape index (κ2) is 39.2. The van der Waals surface area contributed by atoms with Crippen molar-refractivity contribution in [3.05, 3.63) is 258 Å². The Bertz CT molecular complexity index is 3570. The fourth-order valence-electron chi connectivity index (χ4n) is 11.8. The van der Waals surface area contributed by atoms with Crippen LogP contribution in [0.15, 0.2) is 208 Å². The van der Waals surface area contributed by atoms with Crippen LogP contribution in [-0.2, 0) is 30.0 Å². The monoisotopic (exact) mass is 1280 g/mol. The first-order valence-electron chi connectivity index (χ1n) is 32.7. The van der Waals surface area contributed by atoms with E-state index in [0.717, 1.165) is 45.4 Å². The topological polar surface area (TPSA) is 147 Å². The molecule has 0 aromatic heterocycles. The van der Waals surface area contributed by atoms with Gasteiger partial charge in [0.05, 0.1) is 25.2 Å². The van der Waals surface area contributed by atoms with E-state index in [1.165, 1.54) is 136 Å². The average molecular weight is 1280 g/mol. The molecule has 9 heteroatoms. The third kappa shape index (κ3) is 27.2. The third-order valence-electron chi connectivity index (χ3n) is 17.8. The van der Waals surface area contributed by atoms with Crippen molar-refractivity contribution in [2.45, 2.75) is 201 Å². The molecule has 0 saturated heterocycles. The molecule has 3 aromatic carbocycles. The molecule has 0 aliphatic heterocycles. The number of benzene rings is 3. The maximum absolute atomic E-state index is 11.0. The number of aliphatic hydroxyl groups excluding tert-OH is 1. The first-order valence-corrected chi connectivity index (χ1v) is 32.7. The SMILES string of the molecule is C/C(=C\c1ccc(C(=O)O)cc1)c1ccc2c(c1)C(C)(C)CCC2(C)C.C=O.CC1=C(/C=C/C(C)=C/C=C/C(C)=C/C(=O)O)C(C)(C)CCC1.CC1=C(/C=C/C(C)=C/C=C/C(C)=C\OC=O)C(C)(C)CCC1.COc1cc(C)c(/C=C/C(C)=C/C=C/C(C)=C/O)c(C)c1C. The first kappa shape index (κ1) is 81.5. The minimum Gasteiger partial charge on any atom is -0.515 e. The minimum absolute atomic E-state index is 0.199. The zero-order valence-electron chi connectivity index (χ0n) is 60.8. The Kier molecular flexibility index (Phi) is 34.0. The summed E-state index contributed by atoms with van der Waals surface area (Å²) in [6, 6.07) is 16.0. The highest BCUT2D eigenvalue weighted by Gasteiger charge is 2.37. The van der Waals surface area contributed by atoms with E-state index in [-0.39, 0.29) is 21.7 Å². The molecule has 3 aromatic rings. The van der Waals surface area contributed by atoms with Gasteiger partial charge in [0.25, 0.3) is 6.47 Å². The summed E-state index contributed by atoms with van der Waals surface area (Å²) in [7, 11) is 1.71. The van der Waals surface area contributed by atoms with Gasteiger partial charge in [0.2, 0.25) is 0 Å². The summed E-state index contributed by atoms with van der Waals surface area (Å²) in [6.45, 7) is 45.7. The third-order valence-corrected chi connectivity index (χ3v) is 17.8. The molecule has 0 atom stereocenters. The number of carboxylic acids is 2. The van der Waals surface area contributed by atoms with Gasteiger partial charge in [-0.05, 0) is 252 Å². The number of hydrogen-bond donors (Lipinski definition) is 3. The molecule has 0 fully saturated rings. The van der Waals surface area contributed by atoms with E-state index in [2.05, 4.69) is 195 Å². The number of aryl methyl sites for hydroxylation is 1. The van der Waals surface area contributed by atoms with Gasteiger partial charge in [-0.2, -0.15) is 0 Å². The largest absolute Gasteiger partial charge is 0.515 e. The van der Waals surface area contributed by atoms with Crippen LogP contribution in [0.4, 0.5) is 0 Å². The van der Waals surface area contributed by atoms with E-state index >= 15 is 0 Å². The standard InChI is InChI=1S/C24H28O2.C20H26O2.2C20H28O2.CH2O/c1-16(14-17-6-8-18(9-7-17)22(25)26)19-10-11-20-21(15-19)24(4,5)13-12-23(20,2)3;1-14(8-7-9-15(2)13-21)10-11-19-16(3)12-20(22-6)18(5)17(19)4;1-16(8-6-9-17(2)14-22-15-21)11-12-19-18(3)10-7-13-20(19,4)5;1-15(8-6-9-16(2)14-19(21)22)11-12-18-17(3)10-7-13-20(18,4)5;1-2/h6-11,14-15H,12-13H2,1-5H3,(H,25,26);7-13,21H,1-6H3;6,8-9,11-12,14-15H,7,10,13H2,1-5H3;6,8-9,11-12,14H,7,10,13H2,1-5H3,(H,21,22);1H2/b16-14+;9-7+,11-10+,14-8+,15-13+;9-6+,12-11+,16-8+,17-14-;9-6+,12-11+,15-8+,16-14+;. The van der Waals surface area contributed by atoms with Gasteiger partial charge in [0.15, 0.2) is 0 Å². The summed E-state index contributed by atoms with van der Waals surface area (Å²) in [5.41, 5.74) is 24.4. The number of carbonyl (C=O) groups excluding carboxylic acids is 2. The second-order valence-corrected chi connectivity index (χ2v) is 27.7. The summed E-state index contributed by atoms with van der Waals surface area (Å²) in [6.07, 6.45) is 46.3. The van der Waals surface area contributed by atoms with Gasteiger partial charge < -0.3 is 29.6 Å². The van der Waals surface area contributed by atoms with Crippen LogP contribution in [0.2, 0.25) is 0 Å². The zero-order valence-corrected chi connectivity index (χ0v) is 60.8. The molecule has 6 rings (SSSR count). The van der Waals surface area contributed by atoms with Crippen molar-refractivity contribution >= 4 is 42.9 Å². The van der Waals surface area contributed by atoms with Crippen LogP contribution >= 0.6 is 0 Å². The Hall–Kier alpha value is -8.56. The van der Waals surface area contributed by atoms with E-state index in [1.807, 2.05) is 75.3 Å². The van der Waals surface area contributed by atoms with Crippen LogP contribution in [0.1, 0.15) is 224 Å². The van der Waals surface area contributed by atoms with E-state index in [4.69, 9.17) is 24.9 Å². The molecular weight excluding hydrogens is 1160 g/mol. The number of aromatic carboxylic acids is 1. The van der Waals surface area contributed by atoms with Crippen LogP contribution < -0.4 is 4.74 Å². The van der Waals surface area contributed by atoms with Crippen molar-refractivity contribution in [1.29, 1.82) is 0 Å². The van der Waals surface area contributed by atoms with Gasteiger partial charge in [0.1, 0.15) is 12.5 Å². The molecule has 0 unspecified atom stereocenters. The number of allylic oxidation sites excluding steroid dienone is 25. The second-order valence-electron chi connectivity index (χ2n) is 27.7. The quantitative estimate of drug-likeness (QED) is 0.0351. The van der Waals surface area contributed by atoms with Crippen molar-refractivity contribution < 1.29 is 44.0 Å². The zero-order chi connectivity index (χ0) is 71.1. The van der Waals surface area contributed by atoms with Gasteiger partial charge in [-0.1, -0.05) is 211 Å². The van der Waals surface area contributed by atoms with E-state index in [9.17, 15) is 14.4 Å². The van der Waals surface area contributed by atoms with Crippen LogP contribution in [0, 0.1) is 31.6 Å². The van der Waals surface area contributed by atoms with Gasteiger partial charge in [0, 0.05) is 6.08 Å². The molecule has 3 aliphatic rings. The lowest BCUT2D eigenvalue weighted by Crippen LogP contribution is -2.33. The van der Waals surface area contributed by atoms with Crippen molar-refractivity contribution in [2.24, 2.45) is 10.8 Å². The Balaban J connectivity index is 0.000000424. The number of carbonyl (C=O) groups is 4. The Morgan fingerprint density at radius 1 is 0.532 bits per heavy atom. The van der Waals surface area contributed by atoms with Gasteiger partial charge >= 0.3 is 11.9 Å². The molecule has 0 heterocycles. The molecule has 9 nitrogen and oxygen atoms in total. The Labute approximate surface area is 566 Å². The van der Waals surface area contributed by atoms with Crippen molar-refractivity contribution in [3.8, 4) is 5.75 Å². The van der Waals surface area contributed by atoms with Crippen LogP contribution in [0.5, 0.6) is 5.75 Å². The lowest BCUT2D eigenvalue weighted by Gasteiger charge is -2.42. The highest BCUT2D eigenvalue weighted by molar-refractivity contribution is 5.88. The Morgan fingerprint density at radius 2 is 0.989 bits per heavy atom. The van der Waals surface area contributed by atoms with Crippen molar-refractivity contribution in [2.75, 3.05) is 7.11 Å². The fourth-order valence-corrected chi connectivity index (χ4v) is 11.8. The van der Waals surface area contributed by atoms with E-state index < -0.39 is 11.9 Å². The molecular formula is C85H112O9. The number of rotatable bonds is 19. The predicted molar refractivity (Wildman–Crippen MR) is 398 cm³/mol. The minimum atomic E-state index is -0.912. The lowest BCUT2D eigenvalue weighted by molar-refractivity contribution is -0.131. The number of hydrogen-bond acceptors (Lipinski definition) is 7. The highest BCUT2D eigenvalue weighted by Crippen LogP contribution is 2.47. The van der Waals surface area contributed by atoms with Crippen LogP contribution in [0.25, 0.3) is 17.7 Å². The number of aliphatic carboxylic acids is 1. The molecule has 0 spiro atoms. The van der Waals surface area contributed by atoms with Crippen molar-refractivity contribution in [1.82, 2.24) is 0 Å². The molecule has 0 radical (unpaired) electrons. The van der Waals surface area contributed by atoms with Gasteiger partial charge in [-0.25, -0.2) is 9.59 Å². The Morgan fingerprint density at radius 3 is 1.44 bits per heavy atom. The van der Waals surface area contributed by atoms with E-state index in [1.54, 1.807) is 32.2 Å². The van der Waals surface area contributed by atoms with Crippen molar-refractivity contribution in [3.63, 3.8) is 0 Å². The smallest absolute Gasteiger partial charge is 0.335 e. The number of fused-ring (bicyclic) bond motifs is 1. The van der Waals surface area contributed by atoms with Gasteiger partial charge in [-0.3, -0.25) is 4.79 Å². The molecule has 506 valence electrons. The summed E-state index contributed by atoms with van der Waals surface area (Å²) in [5, 5.41) is 26.5. The lowest BCUT2D eigenvalue weighted by atomic mass is 9.63. The number of carboxylic acid groups (broad SMARTS) is 2. The summed E-state index contributed by atoms with van der Waals surface area (Å²) < 4.78 is 9.98. The number of ether oxygens (including phenoxy) is 2. The van der Waals surface area contributed by atoms with Crippen LogP contribution in [-0.4, -0.2) is 47.6 Å². The summed E-state index contributed by atoms with van der Waals surface area (Å²) in [5.74, 6) is -0.866. The molecule has 3 N–H and O–H groups in total. The molecule has 0 amide bonds. The molecule has 94 heavy (non-hydrogen) atoms. The fraction of sp³-hybridized carbons (Fsp3) is 0.388. The maximum Gasteiger partial charge on any atom is 0.335 e. The predicted octanol–water partition coefficient (Wildman–Crippen LogP) is 23.0. The molecule has 0 saturated carbocycles. The maximum atomic E-state index is 11.0. The normalized spacial score (nSPS) is 17.6.